The van der Waals surface area contributed by atoms with Crippen molar-refractivity contribution < 1.29 is 0 Å². The molecule has 0 unspecified atom stereocenters. The van der Waals surface area contributed by atoms with E-state index in [1.807, 2.05) is 31.2 Å². The van der Waals surface area contributed by atoms with Crippen molar-refractivity contribution in [2.24, 2.45) is 0 Å². The summed E-state index contributed by atoms with van der Waals surface area (Å²) >= 11 is 0. The predicted octanol–water partition coefficient (Wildman–Crippen LogP) is 4.26. The Kier molecular flexibility index (Phi) is 4.74. The third-order valence-electron chi connectivity index (χ3n) is 6.34. The molecule has 0 aliphatic carbocycles. The first kappa shape index (κ1) is 19.4. The first-order chi connectivity index (χ1) is 15.1. The fraction of sp³-hybridized carbons (Fsp3) is 0.320. The second-order valence-corrected chi connectivity index (χ2v) is 8.14. The number of fused-ring (bicyclic) bond motifs is 3. The summed E-state index contributed by atoms with van der Waals surface area (Å²) in [7, 11) is 0. The summed E-state index contributed by atoms with van der Waals surface area (Å²) in [5.41, 5.74) is 6.75. The topological polar surface area (TPSA) is 60.5 Å². The van der Waals surface area contributed by atoms with Crippen LogP contribution in [0, 0.1) is 25.2 Å². The van der Waals surface area contributed by atoms with Crippen LogP contribution in [0.5, 0.6) is 0 Å². The average molecular weight is 411 g/mol. The zero-order chi connectivity index (χ0) is 21.5. The molecule has 1 saturated heterocycles. The lowest BCUT2D eigenvalue weighted by Crippen LogP contribution is -2.47. The fourth-order valence-electron chi connectivity index (χ4n) is 4.77. The summed E-state index contributed by atoms with van der Waals surface area (Å²) in [6, 6.07) is 16.8. The standard InChI is InChI=1S/C25H26N6/c1-4-19-18(3)20(16-26)24-28-21-9-5-6-10-22(21)31(24)25(19)30-14-12-29(13-15-30)23-11-7-8-17(2)27-23/h5-11H,4,12-15H2,1-3H3. The van der Waals surface area contributed by atoms with E-state index in [0.29, 0.717) is 5.56 Å². The van der Waals surface area contributed by atoms with Crippen LogP contribution in [0.1, 0.15) is 29.3 Å². The highest BCUT2D eigenvalue weighted by Gasteiger charge is 2.26. The molecule has 0 N–H and O–H groups in total. The van der Waals surface area contributed by atoms with Gasteiger partial charge in [0.05, 0.1) is 16.6 Å². The number of pyridine rings is 2. The molecule has 1 aliphatic heterocycles. The van der Waals surface area contributed by atoms with Gasteiger partial charge in [0, 0.05) is 31.9 Å². The molecule has 0 atom stereocenters. The molecule has 4 heterocycles. The van der Waals surface area contributed by atoms with Crippen molar-refractivity contribution in [3.63, 3.8) is 0 Å². The van der Waals surface area contributed by atoms with Crippen LogP contribution in [0.4, 0.5) is 11.6 Å². The summed E-state index contributed by atoms with van der Waals surface area (Å²) in [6.45, 7) is 9.89. The van der Waals surface area contributed by atoms with Gasteiger partial charge in [-0.05, 0) is 55.7 Å². The molecule has 0 spiro atoms. The molecule has 6 heteroatoms. The summed E-state index contributed by atoms with van der Waals surface area (Å²) in [5.74, 6) is 2.23. The van der Waals surface area contributed by atoms with E-state index < -0.39 is 0 Å². The van der Waals surface area contributed by atoms with Gasteiger partial charge in [-0.1, -0.05) is 25.1 Å². The Hall–Kier alpha value is -3.59. The Morgan fingerprint density at radius 2 is 1.68 bits per heavy atom. The largest absolute Gasteiger partial charge is 0.354 e. The van der Waals surface area contributed by atoms with Gasteiger partial charge in [-0.2, -0.15) is 5.26 Å². The van der Waals surface area contributed by atoms with E-state index in [1.54, 1.807) is 0 Å². The zero-order valence-corrected chi connectivity index (χ0v) is 18.3. The van der Waals surface area contributed by atoms with Gasteiger partial charge in [-0.15, -0.1) is 0 Å². The predicted molar refractivity (Wildman–Crippen MR) is 125 cm³/mol. The number of nitriles is 1. The summed E-state index contributed by atoms with van der Waals surface area (Å²) in [6.07, 6.45) is 0.873. The molecule has 156 valence electrons. The minimum absolute atomic E-state index is 0.680. The average Bonchev–Trinajstić information content (AvgIpc) is 3.17. The summed E-state index contributed by atoms with van der Waals surface area (Å²) in [5, 5.41) is 9.92. The second-order valence-electron chi connectivity index (χ2n) is 8.14. The lowest BCUT2D eigenvalue weighted by molar-refractivity contribution is 0.636. The van der Waals surface area contributed by atoms with Gasteiger partial charge in [-0.3, -0.25) is 4.40 Å². The molecule has 0 amide bonds. The molecule has 1 aliphatic rings. The minimum atomic E-state index is 0.680. The van der Waals surface area contributed by atoms with Crippen molar-refractivity contribution in [2.45, 2.75) is 27.2 Å². The lowest BCUT2D eigenvalue weighted by atomic mass is 10.0. The quantitative estimate of drug-likeness (QED) is 0.505. The molecule has 3 aromatic heterocycles. The number of imidazole rings is 1. The Labute approximate surface area is 182 Å². The second kappa shape index (κ2) is 7.59. The zero-order valence-electron chi connectivity index (χ0n) is 18.3. The molecule has 31 heavy (non-hydrogen) atoms. The maximum Gasteiger partial charge on any atom is 0.157 e. The third kappa shape index (κ3) is 3.09. The summed E-state index contributed by atoms with van der Waals surface area (Å²) < 4.78 is 2.21. The van der Waals surface area contributed by atoms with Crippen molar-refractivity contribution in [3.05, 3.63) is 64.8 Å². The molecule has 1 fully saturated rings. The molecule has 0 bridgehead atoms. The number of nitrogens with zero attached hydrogens (tertiary/aromatic N) is 6. The fourth-order valence-corrected chi connectivity index (χ4v) is 4.77. The number of benzene rings is 1. The monoisotopic (exact) mass is 410 g/mol. The summed E-state index contributed by atoms with van der Waals surface area (Å²) in [4.78, 5) is 14.4. The molecule has 0 saturated carbocycles. The van der Waals surface area contributed by atoms with Gasteiger partial charge in [-0.25, -0.2) is 9.97 Å². The number of aryl methyl sites for hydroxylation is 1. The van der Waals surface area contributed by atoms with Crippen LogP contribution in [-0.2, 0) is 6.42 Å². The van der Waals surface area contributed by atoms with Gasteiger partial charge < -0.3 is 9.80 Å². The van der Waals surface area contributed by atoms with E-state index in [2.05, 4.69) is 52.3 Å². The maximum absolute atomic E-state index is 9.92. The van der Waals surface area contributed by atoms with Crippen molar-refractivity contribution >= 4 is 28.3 Å². The highest BCUT2D eigenvalue weighted by atomic mass is 15.3. The van der Waals surface area contributed by atoms with Gasteiger partial charge in [0.1, 0.15) is 17.7 Å². The van der Waals surface area contributed by atoms with E-state index in [1.165, 1.54) is 11.4 Å². The SMILES string of the molecule is CCc1c(C)c(C#N)c2nc3ccccc3n2c1N1CCN(c2cccc(C)n2)CC1. The highest BCUT2D eigenvalue weighted by molar-refractivity contribution is 5.86. The van der Waals surface area contributed by atoms with Crippen molar-refractivity contribution in [2.75, 3.05) is 36.0 Å². The van der Waals surface area contributed by atoms with E-state index >= 15 is 0 Å². The van der Waals surface area contributed by atoms with E-state index in [4.69, 9.17) is 9.97 Å². The van der Waals surface area contributed by atoms with Crippen molar-refractivity contribution in [3.8, 4) is 6.07 Å². The van der Waals surface area contributed by atoms with Crippen LogP contribution < -0.4 is 9.80 Å². The first-order valence-corrected chi connectivity index (χ1v) is 10.9. The van der Waals surface area contributed by atoms with Crippen LogP contribution in [0.15, 0.2) is 42.5 Å². The molecular weight excluding hydrogens is 384 g/mol. The van der Waals surface area contributed by atoms with Crippen molar-refractivity contribution in [1.82, 2.24) is 14.4 Å². The van der Waals surface area contributed by atoms with E-state index in [-0.39, 0.29) is 0 Å². The maximum atomic E-state index is 9.92. The van der Waals surface area contributed by atoms with Crippen LogP contribution in [-0.4, -0.2) is 40.5 Å². The number of piperazine rings is 1. The highest BCUT2D eigenvalue weighted by Crippen LogP contribution is 2.34. The molecular formula is C25H26N6. The molecule has 0 radical (unpaired) electrons. The smallest absolute Gasteiger partial charge is 0.157 e. The van der Waals surface area contributed by atoms with Gasteiger partial charge in [0.2, 0.25) is 0 Å². The molecule has 5 rings (SSSR count). The van der Waals surface area contributed by atoms with Crippen LogP contribution >= 0.6 is 0 Å². The van der Waals surface area contributed by atoms with Gasteiger partial charge in [0.15, 0.2) is 5.65 Å². The van der Waals surface area contributed by atoms with Crippen LogP contribution in [0.25, 0.3) is 16.7 Å². The van der Waals surface area contributed by atoms with Crippen LogP contribution in [0.3, 0.4) is 0 Å². The number of hydrogen-bond donors (Lipinski definition) is 0. The Morgan fingerprint density at radius 3 is 2.39 bits per heavy atom. The van der Waals surface area contributed by atoms with E-state index in [9.17, 15) is 5.26 Å². The number of rotatable bonds is 3. The first-order valence-electron chi connectivity index (χ1n) is 10.9. The Balaban J connectivity index is 1.62. The number of hydrogen-bond acceptors (Lipinski definition) is 5. The van der Waals surface area contributed by atoms with E-state index in [0.717, 1.165) is 66.4 Å². The van der Waals surface area contributed by atoms with Crippen LogP contribution in [0.2, 0.25) is 0 Å². The number of aromatic nitrogens is 3. The number of para-hydroxylation sites is 2. The van der Waals surface area contributed by atoms with Gasteiger partial charge in [0.25, 0.3) is 0 Å². The Bertz CT molecular complexity index is 1320. The Morgan fingerprint density at radius 1 is 0.935 bits per heavy atom. The number of anilines is 2. The normalized spacial score (nSPS) is 14.4. The molecule has 4 aromatic rings. The van der Waals surface area contributed by atoms with Crippen molar-refractivity contribution in [1.29, 1.82) is 5.26 Å². The van der Waals surface area contributed by atoms with Gasteiger partial charge >= 0.3 is 0 Å². The third-order valence-corrected chi connectivity index (χ3v) is 6.34. The molecule has 1 aromatic carbocycles. The lowest BCUT2D eigenvalue weighted by Gasteiger charge is -2.38. The molecule has 6 nitrogen and oxygen atoms in total. The minimum Gasteiger partial charge on any atom is -0.354 e.